The van der Waals surface area contributed by atoms with E-state index < -0.39 is 0 Å². The fraction of sp³-hybridized carbons (Fsp3) is 0.808. The average molecular weight is 442 g/mol. The molecule has 5 rings (SSSR count). The molecule has 4 aliphatic rings. The summed E-state index contributed by atoms with van der Waals surface area (Å²) < 4.78 is 1.57. The van der Waals surface area contributed by atoms with Crippen LogP contribution in [0.2, 0.25) is 5.15 Å². The molecule has 168 valence electrons. The van der Waals surface area contributed by atoms with Gasteiger partial charge in [-0.05, 0) is 91.8 Å². The Morgan fingerprint density at radius 1 is 1.19 bits per heavy atom. The van der Waals surface area contributed by atoms with Crippen molar-refractivity contribution in [3.05, 3.63) is 16.9 Å². The van der Waals surface area contributed by atoms with E-state index in [9.17, 15) is 4.79 Å². The van der Waals surface area contributed by atoms with Crippen molar-refractivity contribution in [2.45, 2.75) is 78.7 Å². The van der Waals surface area contributed by atoms with Crippen LogP contribution in [-0.4, -0.2) is 15.6 Å². The summed E-state index contributed by atoms with van der Waals surface area (Å²) in [7, 11) is 0. The van der Waals surface area contributed by atoms with Gasteiger partial charge in [0.25, 0.3) is 0 Å². The monoisotopic (exact) mass is 441 g/mol. The lowest BCUT2D eigenvalue weighted by atomic mass is 9.48. The number of ketones is 1. The number of fused-ring (bicyclic) bond motifs is 5. The van der Waals surface area contributed by atoms with Gasteiger partial charge in [-0.3, -0.25) is 9.48 Å². The molecule has 9 unspecified atom stereocenters. The van der Waals surface area contributed by atoms with Crippen molar-refractivity contribution in [1.29, 1.82) is 5.26 Å². The molecule has 0 amide bonds. The standard InChI is InChI=1S/C26H36ClN3O/c1-15-4-6-19-17(10-15)5-7-21-20(19)8-9-26(3)22(11-16(2)24(21)26)23(31)14-30-13-18(12-28)25(27)29-30/h13,15-17,19-22,24H,4-11,14H2,1-3H3. The predicted octanol–water partition coefficient (Wildman–Crippen LogP) is 6.13. The van der Waals surface area contributed by atoms with Crippen LogP contribution in [0.25, 0.3) is 0 Å². The third-order valence-corrected chi connectivity index (χ3v) is 10.4. The highest BCUT2D eigenvalue weighted by Gasteiger charge is 2.60. The fourth-order valence-corrected chi connectivity index (χ4v) is 9.14. The first-order valence-electron chi connectivity index (χ1n) is 12.5. The van der Waals surface area contributed by atoms with Gasteiger partial charge in [-0.2, -0.15) is 10.4 Å². The maximum atomic E-state index is 13.5. The number of carbonyl (C=O) groups is 1. The van der Waals surface area contributed by atoms with Gasteiger partial charge in [0.2, 0.25) is 0 Å². The number of carbonyl (C=O) groups excluding carboxylic acids is 1. The molecule has 1 aromatic heterocycles. The van der Waals surface area contributed by atoms with Crippen LogP contribution in [0.1, 0.15) is 77.7 Å². The van der Waals surface area contributed by atoms with Crippen molar-refractivity contribution in [3.63, 3.8) is 0 Å². The van der Waals surface area contributed by atoms with E-state index in [1.54, 1.807) is 10.9 Å². The number of nitriles is 1. The lowest BCUT2D eigenvalue weighted by Gasteiger charge is -2.56. The Bertz CT molecular complexity index is 903. The molecule has 0 spiro atoms. The molecule has 4 saturated carbocycles. The molecule has 0 saturated heterocycles. The van der Waals surface area contributed by atoms with Gasteiger partial charge in [0.15, 0.2) is 10.9 Å². The SMILES string of the molecule is CC1CCC2C(CCC3C2CCC2(C)C(C(=O)Cn4cc(C#N)c(Cl)n4)CC(C)C32)C1. The van der Waals surface area contributed by atoms with Gasteiger partial charge in [0, 0.05) is 12.1 Å². The van der Waals surface area contributed by atoms with E-state index in [2.05, 4.69) is 25.9 Å². The van der Waals surface area contributed by atoms with Gasteiger partial charge in [0.05, 0.1) is 6.54 Å². The molecule has 4 aliphatic carbocycles. The highest BCUT2D eigenvalue weighted by Crippen LogP contribution is 2.66. The second-order valence-electron chi connectivity index (χ2n) is 11.7. The Morgan fingerprint density at radius 3 is 2.71 bits per heavy atom. The first-order chi connectivity index (χ1) is 14.8. The minimum absolute atomic E-state index is 0.103. The summed E-state index contributed by atoms with van der Waals surface area (Å²) in [5.41, 5.74) is 0.457. The van der Waals surface area contributed by atoms with Gasteiger partial charge in [-0.25, -0.2) is 0 Å². The third-order valence-electron chi connectivity index (χ3n) is 10.1. The summed E-state index contributed by atoms with van der Waals surface area (Å²) in [6.07, 6.45) is 12.2. The van der Waals surface area contributed by atoms with Crippen LogP contribution < -0.4 is 0 Å². The van der Waals surface area contributed by atoms with Crippen LogP contribution in [0.15, 0.2) is 6.20 Å². The zero-order valence-corrected chi connectivity index (χ0v) is 19.9. The van der Waals surface area contributed by atoms with E-state index in [1.807, 2.05) is 6.07 Å². The quantitative estimate of drug-likeness (QED) is 0.566. The molecule has 0 bridgehead atoms. The molecule has 1 aromatic rings. The van der Waals surface area contributed by atoms with Crippen molar-refractivity contribution in [3.8, 4) is 6.07 Å². The zero-order valence-electron chi connectivity index (χ0n) is 19.2. The molecule has 5 heteroatoms. The summed E-state index contributed by atoms with van der Waals surface area (Å²) >= 11 is 6.02. The number of nitrogens with zero attached hydrogens (tertiary/aromatic N) is 3. The van der Waals surface area contributed by atoms with Gasteiger partial charge in [-0.1, -0.05) is 38.8 Å². The van der Waals surface area contributed by atoms with Crippen LogP contribution in [0, 0.1) is 64.1 Å². The smallest absolute Gasteiger partial charge is 0.168 e. The second-order valence-corrected chi connectivity index (χ2v) is 12.1. The third kappa shape index (κ3) is 3.47. The topological polar surface area (TPSA) is 58.7 Å². The largest absolute Gasteiger partial charge is 0.297 e. The highest BCUT2D eigenvalue weighted by atomic mass is 35.5. The van der Waals surface area contributed by atoms with Crippen molar-refractivity contribution < 1.29 is 4.79 Å². The first kappa shape index (κ1) is 21.5. The molecular weight excluding hydrogens is 406 g/mol. The molecular formula is C26H36ClN3O. The first-order valence-corrected chi connectivity index (χ1v) is 12.9. The van der Waals surface area contributed by atoms with Crippen LogP contribution in [0.5, 0.6) is 0 Å². The number of hydrogen-bond acceptors (Lipinski definition) is 3. The number of hydrogen-bond donors (Lipinski definition) is 0. The number of rotatable bonds is 3. The lowest BCUT2D eigenvalue weighted by molar-refractivity contribution is -0.131. The molecule has 1 heterocycles. The number of Topliss-reactive ketones (excluding diaryl/α,β-unsaturated/α-hetero) is 1. The predicted molar refractivity (Wildman–Crippen MR) is 121 cm³/mol. The van der Waals surface area contributed by atoms with Crippen molar-refractivity contribution in [2.75, 3.05) is 0 Å². The fourth-order valence-electron chi connectivity index (χ4n) is 8.95. The van der Waals surface area contributed by atoms with Crippen molar-refractivity contribution in [2.24, 2.45) is 52.8 Å². The van der Waals surface area contributed by atoms with E-state index in [-0.39, 0.29) is 28.8 Å². The molecule has 4 fully saturated rings. The van der Waals surface area contributed by atoms with Crippen LogP contribution in [-0.2, 0) is 11.3 Å². The van der Waals surface area contributed by atoms with Crippen LogP contribution in [0.3, 0.4) is 0 Å². The Hall–Kier alpha value is -1.34. The van der Waals surface area contributed by atoms with E-state index in [1.165, 1.54) is 44.9 Å². The second kappa shape index (κ2) is 7.91. The highest BCUT2D eigenvalue weighted by molar-refractivity contribution is 6.30. The van der Waals surface area contributed by atoms with Gasteiger partial charge >= 0.3 is 0 Å². The number of aromatic nitrogens is 2. The summed E-state index contributed by atoms with van der Waals surface area (Å²) in [5.74, 6) is 6.19. The summed E-state index contributed by atoms with van der Waals surface area (Å²) in [6.45, 7) is 7.51. The summed E-state index contributed by atoms with van der Waals surface area (Å²) in [5, 5.41) is 13.5. The average Bonchev–Trinajstić information content (AvgIpc) is 3.23. The molecule has 31 heavy (non-hydrogen) atoms. The molecule has 0 aromatic carbocycles. The Labute approximate surface area is 191 Å². The summed E-state index contributed by atoms with van der Waals surface area (Å²) in [6, 6.07) is 2.05. The maximum Gasteiger partial charge on any atom is 0.168 e. The normalized spacial score (nSPS) is 44.1. The minimum Gasteiger partial charge on any atom is -0.297 e. The van der Waals surface area contributed by atoms with Gasteiger partial charge < -0.3 is 0 Å². The maximum absolute atomic E-state index is 13.5. The Morgan fingerprint density at radius 2 is 1.97 bits per heavy atom. The van der Waals surface area contributed by atoms with Gasteiger partial charge in [-0.15, -0.1) is 0 Å². The molecule has 4 nitrogen and oxygen atoms in total. The molecule has 9 atom stereocenters. The molecule has 0 N–H and O–H groups in total. The molecule has 0 aliphatic heterocycles. The van der Waals surface area contributed by atoms with E-state index >= 15 is 0 Å². The number of halogens is 1. The van der Waals surface area contributed by atoms with Gasteiger partial charge in [0.1, 0.15) is 11.6 Å². The Kier molecular flexibility index (Phi) is 5.48. The van der Waals surface area contributed by atoms with Crippen molar-refractivity contribution >= 4 is 17.4 Å². The summed E-state index contributed by atoms with van der Waals surface area (Å²) in [4.78, 5) is 13.5. The lowest BCUT2D eigenvalue weighted by Crippen LogP contribution is -2.50. The van der Waals surface area contributed by atoms with E-state index in [4.69, 9.17) is 16.9 Å². The van der Waals surface area contributed by atoms with E-state index in [0.717, 1.165) is 36.0 Å². The van der Waals surface area contributed by atoms with Crippen LogP contribution in [0.4, 0.5) is 0 Å². The zero-order chi connectivity index (χ0) is 21.9. The van der Waals surface area contributed by atoms with Crippen molar-refractivity contribution in [1.82, 2.24) is 9.78 Å². The minimum atomic E-state index is 0.103. The molecule has 0 radical (unpaired) electrons. The van der Waals surface area contributed by atoms with E-state index in [0.29, 0.717) is 17.4 Å². The van der Waals surface area contributed by atoms with Crippen LogP contribution >= 0.6 is 11.6 Å². The Balaban J connectivity index is 1.35.